The molecule has 7 heteroatoms. The first-order chi connectivity index (χ1) is 10.4. The molecule has 1 aromatic rings. The molecule has 0 radical (unpaired) electrons. The molecule has 1 saturated carbocycles. The van der Waals surface area contributed by atoms with Crippen LogP contribution in [-0.4, -0.2) is 45.5 Å². The van der Waals surface area contributed by atoms with Crippen molar-refractivity contribution >= 4 is 11.8 Å². The maximum Gasteiger partial charge on any atom is 0.251 e. The summed E-state index contributed by atoms with van der Waals surface area (Å²) in [7, 11) is 0. The zero-order chi connectivity index (χ0) is 16.3. The Morgan fingerprint density at radius 3 is 2.36 bits per heavy atom. The number of hydrogen-bond acceptors (Lipinski definition) is 5. The molecule has 2 amide bonds. The van der Waals surface area contributed by atoms with Crippen molar-refractivity contribution in [1.82, 2.24) is 10.8 Å². The number of hydroxylamine groups is 1. The van der Waals surface area contributed by atoms with Crippen LogP contribution < -0.4 is 10.8 Å². The van der Waals surface area contributed by atoms with Crippen LogP contribution in [-0.2, 0) is 4.79 Å². The molecular formula is C15H20N2O5. The zero-order valence-electron chi connectivity index (χ0n) is 12.2. The summed E-state index contributed by atoms with van der Waals surface area (Å²) in [5.41, 5.74) is 2.93. The van der Waals surface area contributed by atoms with Gasteiger partial charge in [0.2, 0.25) is 5.91 Å². The van der Waals surface area contributed by atoms with Gasteiger partial charge in [0, 0.05) is 5.56 Å². The summed E-state index contributed by atoms with van der Waals surface area (Å²) >= 11 is 0. The molecule has 5 N–H and O–H groups in total. The molecule has 120 valence electrons. The van der Waals surface area contributed by atoms with Crippen molar-refractivity contribution in [2.75, 3.05) is 0 Å². The summed E-state index contributed by atoms with van der Waals surface area (Å²) in [6.45, 7) is 1.89. The normalized spacial score (nSPS) is 28.0. The van der Waals surface area contributed by atoms with Crippen molar-refractivity contribution in [3.05, 3.63) is 35.4 Å². The minimum Gasteiger partial charge on any atom is -0.390 e. The molecule has 22 heavy (non-hydrogen) atoms. The van der Waals surface area contributed by atoms with Gasteiger partial charge in [-0.2, -0.15) is 0 Å². The van der Waals surface area contributed by atoms with E-state index in [-0.39, 0.29) is 12.8 Å². The summed E-state index contributed by atoms with van der Waals surface area (Å²) in [5.74, 6) is -1.95. The smallest absolute Gasteiger partial charge is 0.251 e. The van der Waals surface area contributed by atoms with Crippen LogP contribution in [0, 0.1) is 12.8 Å². The number of carbonyl (C=O) groups excluding carboxylic acids is 2. The summed E-state index contributed by atoms with van der Waals surface area (Å²) < 4.78 is 0. The number of aliphatic hydroxyl groups excluding tert-OH is 2. The lowest BCUT2D eigenvalue weighted by Gasteiger charge is -2.37. The highest BCUT2D eigenvalue weighted by molar-refractivity contribution is 5.95. The van der Waals surface area contributed by atoms with Crippen molar-refractivity contribution < 1.29 is 25.0 Å². The largest absolute Gasteiger partial charge is 0.390 e. The van der Waals surface area contributed by atoms with Crippen LogP contribution in [0.5, 0.6) is 0 Å². The molecule has 4 atom stereocenters. The molecule has 0 aliphatic heterocycles. The van der Waals surface area contributed by atoms with Crippen LogP contribution >= 0.6 is 0 Å². The average Bonchev–Trinajstić information content (AvgIpc) is 2.52. The molecule has 0 bridgehead atoms. The Morgan fingerprint density at radius 1 is 1.14 bits per heavy atom. The fraction of sp³-hybridized carbons (Fsp3) is 0.467. The zero-order valence-corrected chi connectivity index (χ0v) is 12.2. The van der Waals surface area contributed by atoms with Gasteiger partial charge < -0.3 is 15.5 Å². The lowest BCUT2D eigenvalue weighted by Crippen LogP contribution is -2.58. The first-order valence-electron chi connectivity index (χ1n) is 7.11. The Balaban J connectivity index is 2.16. The third kappa shape index (κ3) is 3.44. The molecule has 0 aromatic heterocycles. The van der Waals surface area contributed by atoms with Gasteiger partial charge in [0.25, 0.3) is 5.91 Å². The van der Waals surface area contributed by atoms with Crippen molar-refractivity contribution in [1.29, 1.82) is 0 Å². The van der Waals surface area contributed by atoms with E-state index in [1.54, 1.807) is 24.3 Å². The van der Waals surface area contributed by atoms with Crippen LogP contribution in [0.1, 0.15) is 28.8 Å². The second-order valence-electron chi connectivity index (χ2n) is 5.58. The second kappa shape index (κ2) is 6.87. The fourth-order valence-electron chi connectivity index (χ4n) is 2.68. The van der Waals surface area contributed by atoms with E-state index in [9.17, 15) is 19.8 Å². The maximum absolute atomic E-state index is 12.2. The van der Waals surface area contributed by atoms with E-state index >= 15 is 0 Å². The molecule has 1 aliphatic carbocycles. The third-order valence-electron chi connectivity index (χ3n) is 4.03. The van der Waals surface area contributed by atoms with E-state index < -0.39 is 36.0 Å². The number of aliphatic hydroxyl groups is 2. The van der Waals surface area contributed by atoms with Crippen LogP contribution in [0.25, 0.3) is 0 Å². The molecule has 0 unspecified atom stereocenters. The van der Waals surface area contributed by atoms with E-state index in [0.717, 1.165) is 5.56 Å². The summed E-state index contributed by atoms with van der Waals surface area (Å²) in [6.07, 6.45) is -1.82. The molecular weight excluding hydrogens is 288 g/mol. The van der Waals surface area contributed by atoms with Gasteiger partial charge >= 0.3 is 0 Å². The summed E-state index contributed by atoms with van der Waals surface area (Å²) in [5, 5.41) is 31.2. The molecule has 1 aromatic carbocycles. The van der Waals surface area contributed by atoms with Gasteiger partial charge in [-0.15, -0.1) is 0 Å². The van der Waals surface area contributed by atoms with Gasteiger partial charge in [-0.1, -0.05) is 17.7 Å². The molecule has 2 rings (SSSR count). The van der Waals surface area contributed by atoms with Gasteiger partial charge in [0.05, 0.1) is 18.1 Å². The second-order valence-corrected chi connectivity index (χ2v) is 5.58. The lowest BCUT2D eigenvalue weighted by molar-refractivity contribution is -0.140. The first kappa shape index (κ1) is 16.4. The first-order valence-corrected chi connectivity index (χ1v) is 7.11. The quantitative estimate of drug-likeness (QED) is 0.389. The van der Waals surface area contributed by atoms with Gasteiger partial charge in [-0.3, -0.25) is 14.8 Å². The van der Waals surface area contributed by atoms with Crippen LogP contribution in [0.3, 0.4) is 0 Å². The highest BCUT2D eigenvalue weighted by Gasteiger charge is 2.42. The van der Waals surface area contributed by atoms with Crippen LogP contribution in [0.15, 0.2) is 24.3 Å². The van der Waals surface area contributed by atoms with Gasteiger partial charge in [0.15, 0.2) is 0 Å². The number of nitrogens with one attached hydrogen (secondary N) is 2. The monoisotopic (exact) mass is 308 g/mol. The predicted octanol–water partition coefficient (Wildman–Crippen LogP) is -0.269. The lowest BCUT2D eigenvalue weighted by atomic mass is 9.80. The Morgan fingerprint density at radius 2 is 1.77 bits per heavy atom. The Bertz CT molecular complexity index is 545. The molecule has 7 nitrogen and oxygen atoms in total. The molecule has 1 aliphatic rings. The number of rotatable bonds is 3. The summed E-state index contributed by atoms with van der Waals surface area (Å²) in [4.78, 5) is 23.9. The number of benzene rings is 1. The minimum absolute atomic E-state index is 0.218. The van der Waals surface area contributed by atoms with Gasteiger partial charge in [-0.05, 0) is 31.9 Å². The van der Waals surface area contributed by atoms with E-state index in [2.05, 4.69) is 5.32 Å². The predicted molar refractivity (Wildman–Crippen MR) is 77.1 cm³/mol. The highest BCUT2D eigenvalue weighted by atomic mass is 16.5. The standard InChI is InChI=1S/C15H20N2O5/c1-8-2-4-9(5-3-8)14(20)16-12-10(15(21)17-22)6-7-11(18)13(12)19/h2-5,10-13,18-19,22H,6-7H2,1H3,(H,16,20)(H,17,21)/t10-,11-,12-,13-/m0/s1. The van der Waals surface area contributed by atoms with Gasteiger partial charge in [0.1, 0.15) is 6.10 Å². The Kier molecular flexibility index (Phi) is 5.12. The molecule has 1 fully saturated rings. The SMILES string of the molecule is Cc1ccc(C(=O)N[C@@H]2[C@@H](O)[C@@H](O)CC[C@@H]2C(=O)NO)cc1. The van der Waals surface area contributed by atoms with E-state index in [1.807, 2.05) is 6.92 Å². The van der Waals surface area contributed by atoms with Crippen LogP contribution in [0.4, 0.5) is 0 Å². The van der Waals surface area contributed by atoms with Crippen molar-refractivity contribution in [3.63, 3.8) is 0 Å². The van der Waals surface area contributed by atoms with Gasteiger partial charge in [-0.25, -0.2) is 5.48 Å². The average molecular weight is 308 g/mol. The van der Waals surface area contributed by atoms with Crippen LogP contribution in [0.2, 0.25) is 0 Å². The van der Waals surface area contributed by atoms with Crippen molar-refractivity contribution in [2.45, 2.75) is 38.0 Å². The molecule has 0 heterocycles. The van der Waals surface area contributed by atoms with E-state index in [0.29, 0.717) is 5.56 Å². The third-order valence-corrected chi connectivity index (χ3v) is 4.03. The minimum atomic E-state index is -1.27. The van der Waals surface area contributed by atoms with E-state index in [4.69, 9.17) is 5.21 Å². The van der Waals surface area contributed by atoms with E-state index in [1.165, 1.54) is 5.48 Å². The van der Waals surface area contributed by atoms with Crippen molar-refractivity contribution in [3.8, 4) is 0 Å². The number of aryl methyl sites for hydroxylation is 1. The van der Waals surface area contributed by atoms with Crippen molar-refractivity contribution in [2.24, 2.45) is 5.92 Å². The molecule has 0 saturated heterocycles. The fourth-order valence-corrected chi connectivity index (χ4v) is 2.68. The Hall–Kier alpha value is -1.96. The number of carbonyl (C=O) groups is 2. The maximum atomic E-state index is 12.2. The number of hydrogen-bond donors (Lipinski definition) is 5. The highest BCUT2D eigenvalue weighted by Crippen LogP contribution is 2.26. The molecule has 0 spiro atoms. The topological polar surface area (TPSA) is 119 Å². The number of amides is 2. The summed E-state index contributed by atoms with van der Waals surface area (Å²) in [6, 6.07) is 5.86. The Labute approximate surface area is 127 Å².